The summed E-state index contributed by atoms with van der Waals surface area (Å²) >= 11 is 0. The molecule has 0 aliphatic carbocycles. The number of carbonyl (C=O) groups excluding carboxylic acids is 1. The number of carbonyl (C=O) groups is 1. The van der Waals surface area contributed by atoms with Crippen molar-refractivity contribution in [3.8, 4) is 5.75 Å². The predicted octanol–water partition coefficient (Wildman–Crippen LogP) is 2.46. The molecular formula is C14H16N4O4. The first-order chi connectivity index (χ1) is 10.5. The predicted molar refractivity (Wildman–Crippen MR) is 80.1 cm³/mol. The number of ether oxygens (including phenoxy) is 1. The molecule has 8 nitrogen and oxygen atoms in total. The van der Waals surface area contributed by atoms with E-state index in [1.165, 1.54) is 18.3 Å². The number of nitro benzene ring substituents is 1. The van der Waals surface area contributed by atoms with E-state index in [-0.39, 0.29) is 11.4 Å². The fourth-order valence-corrected chi connectivity index (χ4v) is 1.87. The number of aromatic nitrogens is 2. The number of nitrogens with one attached hydrogen (secondary N) is 1. The molecule has 1 aromatic carbocycles. The number of nitrogens with zero attached hydrogens (tertiary/aromatic N) is 3. The van der Waals surface area contributed by atoms with Crippen LogP contribution in [0.5, 0.6) is 5.75 Å². The van der Waals surface area contributed by atoms with Crippen LogP contribution in [0.25, 0.3) is 0 Å². The lowest BCUT2D eigenvalue weighted by Crippen LogP contribution is -2.12. The number of anilines is 1. The van der Waals surface area contributed by atoms with E-state index in [2.05, 4.69) is 10.4 Å². The molecule has 22 heavy (non-hydrogen) atoms. The fourth-order valence-electron chi connectivity index (χ4n) is 1.87. The third kappa shape index (κ3) is 3.40. The highest BCUT2D eigenvalue weighted by Gasteiger charge is 2.18. The van der Waals surface area contributed by atoms with Crippen molar-refractivity contribution in [1.82, 2.24) is 9.78 Å². The smallest absolute Gasteiger partial charge is 0.296 e. The van der Waals surface area contributed by atoms with Crippen molar-refractivity contribution in [2.24, 2.45) is 0 Å². The van der Waals surface area contributed by atoms with E-state index in [1.54, 1.807) is 23.9 Å². The maximum Gasteiger partial charge on any atom is 0.296 e. The van der Waals surface area contributed by atoms with E-state index in [0.717, 1.165) is 0 Å². The highest BCUT2D eigenvalue weighted by Crippen LogP contribution is 2.29. The molecule has 0 fully saturated rings. The number of benzene rings is 1. The minimum Gasteiger partial charge on any atom is -0.494 e. The van der Waals surface area contributed by atoms with E-state index in [4.69, 9.17) is 4.74 Å². The summed E-state index contributed by atoms with van der Waals surface area (Å²) < 4.78 is 6.83. The third-order valence-corrected chi connectivity index (χ3v) is 2.94. The van der Waals surface area contributed by atoms with Gasteiger partial charge in [-0.3, -0.25) is 19.6 Å². The Balaban J connectivity index is 2.24. The second-order valence-corrected chi connectivity index (χ2v) is 4.41. The second kappa shape index (κ2) is 6.70. The molecule has 1 aromatic heterocycles. The molecule has 0 spiro atoms. The van der Waals surface area contributed by atoms with Gasteiger partial charge < -0.3 is 10.1 Å². The zero-order chi connectivity index (χ0) is 16.1. The second-order valence-electron chi connectivity index (χ2n) is 4.41. The minimum atomic E-state index is -0.562. The van der Waals surface area contributed by atoms with E-state index >= 15 is 0 Å². The molecule has 0 aliphatic rings. The zero-order valence-electron chi connectivity index (χ0n) is 12.3. The first-order valence-corrected chi connectivity index (χ1v) is 6.80. The van der Waals surface area contributed by atoms with Crippen molar-refractivity contribution in [3.63, 3.8) is 0 Å². The highest BCUT2D eigenvalue weighted by molar-refractivity contribution is 6.05. The van der Waals surface area contributed by atoms with Crippen molar-refractivity contribution in [2.75, 3.05) is 11.9 Å². The molecule has 0 unspecified atom stereocenters. The summed E-state index contributed by atoms with van der Waals surface area (Å²) in [5, 5.41) is 17.6. The Kier molecular flexibility index (Phi) is 4.72. The Morgan fingerprint density at radius 1 is 1.45 bits per heavy atom. The van der Waals surface area contributed by atoms with Crippen molar-refractivity contribution in [1.29, 1.82) is 0 Å². The van der Waals surface area contributed by atoms with Crippen LogP contribution in [0.1, 0.15) is 24.2 Å². The summed E-state index contributed by atoms with van der Waals surface area (Å²) in [5.74, 6) is -0.0713. The lowest BCUT2D eigenvalue weighted by Gasteiger charge is -2.07. The molecule has 0 saturated heterocycles. The molecule has 0 radical (unpaired) electrons. The van der Waals surface area contributed by atoms with Crippen LogP contribution in [-0.4, -0.2) is 27.2 Å². The van der Waals surface area contributed by atoms with Gasteiger partial charge in [0.1, 0.15) is 11.4 Å². The lowest BCUT2D eigenvalue weighted by molar-refractivity contribution is -0.384. The molecule has 0 bridgehead atoms. The number of amides is 1. The van der Waals surface area contributed by atoms with E-state index in [9.17, 15) is 14.9 Å². The van der Waals surface area contributed by atoms with Gasteiger partial charge in [0.25, 0.3) is 11.6 Å². The van der Waals surface area contributed by atoms with Gasteiger partial charge in [0, 0.05) is 12.7 Å². The van der Waals surface area contributed by atoms with Gasteiger partial charge in [-0.25, -0.2) is 0 Å². The van der Waals surface area contributed by atoms with Crippen LogP contribution in [0.15, 0.2) is 30.6 Å². The normalized spacial score (nSPS) is 10.3. The summed E-state index contributed by atoms with van der Waals surface area (Å²) in [4.78, 5) is 22.7. The van der Waals surface area contributed by atoms with E-state index in [0.29, 0.717) is 24.5 Å². The van der Waals surface area contributed by atoms with E-state index < -0.39 is 10.8 Å². The maximum atomic E-state index is 12.1. The van der Waals surface area contributed by atoms with Crippen LogP contribution in [0.2, 0.25) is 0 Å². The van der Waals surface area contributed by atoms with Gasteiger partial charge in [-0.2, -0.15) is 5.10 Å². The zero-order valence-corrected chi connectivity index (χ0v) is 12.3. The minimum absolute atomic E-state index is 0.114. The van der Waals surface area contributed by atoms with Crippen molar-refractivity contribution >= 4 is 17.3 Å². The van der Waals surface area contributed by atoms with Crippen LogP contribution < -0.4 is 10.1 Å². The van der Waals surface area contributed by atoms with Crippen molar-refractivity contribution in [2.45, 2.75) is 20.4 Å². The molecule has 0 saturated carbocycles. The van der Waals surface area contributed by atoms with Gasteiger partial charge in [-0.05, 0) is 26.0 Å². The van der Waals surface area contributed by atoms with Gasteiger partial charge in [-0.15, -0.1) is 0 Å². The highest BCUT2D eigenvalue weighted by atomic mass is 16.6. The van der Waals surface area contributed by atoms with Crippen LogP contribution >= 0.6 is 0 Å². The average Bonchev–Trinajstić information content (AvgIpc) is 2.98. The average molecular weight is 304 g/mol. The topological polar surface area (TPSA) is 99.3 Å². The molecule has 0 atom stereocenters. The summed E-state index contributed by atoms with van der Waals surface area (Å²) in [5.41, 5.74) is 0.231. The lowest BCUT2D eigenvalue weighted by atomic mass is 10.2. The molecule has 8 heteroatoms. The molecule has 1 amide bonds. The molecule has 116 valence electrons. The van der Waals surface area contributed by atoms with Crippen LogP contribution in [0.4, 0.5) is 11.4 Å². The first-order valence-electron chi connectivity index (χ1n) is 6.80. The number of aryl methyl sites for hydroxylation is 1. The SMILES string of the molecule is CCOc1ccc(NC(=O)c2cnn(CC)c2)c([N+](=O)[O-])c1. The quantitative estimate of drug-likeness (QED) is 0.652. The largest absolute Gasteiger partial charge is 0.494 e. The fraction of sp³-hybridized carbons (Fsp3) is 0.286. The molecular weight excluding hydrogens is 288 g/mol. The van der Waals surface area contributed by atoms with E-state index in [1.807, 2.05) is 6.92 Å². The van der Waals surface area contributed by atoms with Gasteiger partial charge in [0.2, 0.25) is 0 Å². The van der Waals surface area contributed by atoms with Crippen molar-refractivity contribution in [3.05, 3.63) is 46.3 Å². The standard InChI is InChI=1S/C14H16N4O4/c1-3-17-9-10(8-15-17)14(19)16-12-6-5-11(22-4-2)7-13(12)18(20)21/h5-9H,3-4H2,1-2H3,(H,16,19). The number of rotatable bonds is 6. The summed E-state index contributed by atoms with van der Waals surface area (Å²) in [6.45, 7) is 4.72. The van der Waals surface area contributed by atoms with Crippen LogP contribution in [-0.2, 0) is 6.54 Å². The molecule has 1 heterocycles. The Hall–Kier alpha value is -2.90. The number of nitro groups is 1. The Labute approximate surface area is 126 Å². The monoisotopic (exact) mass is 304 g/mol. The first kappa shape index (κ1) is 15.5. The maximum absolute atomic E-state index is 12.1. The Morgan fingerprint density at radius 2 is 2.23 bits per heavy atom. The van der Waals surface area contributed by atoms with Gasteiger partial charge >= 0.3 is 0 Å². The number of hydrogen-bond acceptors (Lipinski definition) is 5. The van der Waals surface area contributed by atoms with Crippen molar-refractivity contribution < 1.29 is 14.5 Å². The summed E-state index contributed by atoms with van der Waals surface area (Å²) in [6.07, 6.45) is 3.00. The Bertz CT molecular complexity index is 696. The summed E-state index contributed by atoms with van der Waals surface area (Å²) in [7, 11) is 0. The van der Waals surface area contributed by atoms with Crippen LogP contribution in [0.3, 0.4) is 0 Å². The third-order valence-electron chi connectivity index (χ3n) is 2.94. The van der Waals surface area contributed by atoms with Crippen LogP contribution in [0, 0.1) is 10.1 Å². The molecule has 2 aromatic rings. The number of hydrogen-bond donors (Lipinski definition) is 1. The van der Waals surface area contributed by atoms with Gasteiger partial charge in [-0.1, -0.05) is 0 Å². The van der Waals surface area contributed by atoms with Gasteiger partial charge in [0.05, 0.1) is 29.4 Å². The molecule has 0 aliphatic heterocycles. The molecule has 2 rings (SSSR count). The van der Waals surface area contributed by atoms with Gasteiger partial charge in [0.15, 0.2) is 0 Å². The summed E-state index contributed by atoms with van der Waals surface area (Å²) in [6, 6.07) is 4.31. The molecule has 1 N–H and O–H groups in total. The Morgan fingerprint density at radius 3 is 2.82 bits per heavy atom.